The molecule has 2 heterocycles. The first kappa shape index (κ1) is 11.3. The van der Waals surface area contributed by atoms with Gasteiger partial charge in [-0.05, 0) is 13.3 Å². The Hall–Kier alpha value is -1.24. The minimum Gasteiger partial charge on any atom is -0.339 e. The number of ketones is 1. The molecule has 0 amide bonds. The van der Waals surface area contributed by atoms with Gasteiger partial charge in [0.25, 0.3) is 0 Å². The van der Waals surface area contributed by atoms with Gasteiger partial charge in [-0.25, -0.2) is 8.42 Å². The summed E-state index contributed by atoms with van der Waals surface area (Å²) in [6, 6.07) is 0. The average molecular weight is 244 g/mol. The van der Waals surface area contributed by atoms with Crippen molar-refractivity contribution in [2.45, 2.75) is 25.7 Å². The summed E-state index contributed by atoms with van der Waals surface area (Å²) in [4.78, 5) is 14.9. The second-order valence-corrected chi connectivity index (χ2v) is 6.25. The number of rotatable bonds is 3. The maximum Gasteiger partial charge on any atom is 0.234 e. The van der Waals surface area contributed by atoms with Crippen LogP contribution in [0.25, 0.3) is 0 Å². The Labute approximate surface area is 93.0 Å². The molecule has 0 bridgehead atoms. The van der Waals surface area contributed by atoms with Crippen LogP contribution in [0.3, 0.4) is 0 Å². The fourth-order valence-corrected chi connectivity index (χ4v) is 3.46. The second kappa shape index (κ2) is 3.97. The van der Waals surface area contributed by atoms with E-state index in [1.54, 1.807) is 0 Å². The van der Waals surface area contributed by atoms with Crippen molar-refractivity contribution in [3.63, 3.8) is 0 Å². The SMILES string of the molecule is CC(=O)Cc1nc(C2CCS(=O)(=O)C2)no1. The molecular formula is C9H12N2O4S. The van der Waals surface area contributed by atoms with Gasteiger partial charge in [-0.15, -0.1) is 0 Å². The van der Waals surface area contributed by atoms with E-state index in [0.717, 1.165) is 0 Å². The van der Waals surface area contributed by atoms with Crippen LogP contribution in [0.2, 0.25) is 0 Å². The van der Waals surface area contributed by atoms with Crippen LogP contribution in [-0.2, 0) is 21.1 Å². The Morgan fingerprint density at radius 3 is 2.88 bits per heavy atom. The molecule has 1 fully saturated rings. The molecule has 88 valence electrons. The normalized spacial score (nSPS) is 23.4. The third-order valence-corrected chi connectivity index (χ3v) is 4.25. The third kappa shape index (κ3) is 2.46. The van der Waals surface area contributed by atoms with Crippen molar-refractivity contribution in [3.8, 4) is 0 Å². The highest BCUT2D eigenvalue weighted by molar-refractivity contribution is 7.91. The zero-order valence-electron chi connectivity index (χ0n) is 8.84. The molecule has 0 saturated carbocycles. The van der Waals surface area contributed by atoms with Gasteiger partial charge in [0.15, 0.2) is 15.7 Å². The van der Waals surface area contributed by atoms with Gasteiger partial charge in [0.1, 0.15) is 5.78 Å². The summed E-state index contributed by atoms with van der Waals surface area (Å²) < 4.78 is 27.4. The summed E-state index contributed by atoms with van der Waals surface area (Å²) in [5.74, 6) is 0.660. The molecule has 16 heavy (non-hydrogen) atoms. The summed E-state index contributed by atoms with van der Waals surface area (Å²) in [7, 11) is -2.95. The van der Waals surface area contributed by atoms with E-state index in [9.17, 15) is 13.2 Å². The maximum atomic E-state index is 11.3. The first-order valence-corrected chi connectivity index (χ1v) is 6.81. The Balaban J connectivity index is 2.11. The van der Waals surface area contributed by atoms with Crippen LogP contribution in [0, 0.1) is 0 Å². The standard InChI is InChI=1S/C9H12N2O4S/c1-6(12)4-8-10-9(11-15-8)7-2-3-16(13,14)5-7/h7H,2-5H2,1H3. The molecule has 1 aliphatic heterocycles. The summed E-state index contributed by atoms with van der Waals surface area (Å²) >= 11 is 0. The summed E-state index contributed by atoms with van der Waals surface area (Å²) in [5, 5.41) is 3.71. The van der Waals surface area contributed by atoms with Crippen LogP contribution < -0.4 is 0 Å². The van der Waals surface area contributed by atoms with Crippen LogP contribution in [0.4, 0.5) is 0 Å². The smallest absolute Gasteiger partial charge is 0.234 e. The highest BCUT2D eigenvalue weighted by Crippen LogP contribution is 2.26. The number of carbonyl (C=O) groups is 1. The Morgan fingerprint density at radius 2 is 2.31 bits per heavy atom. The quantitative estimate of drug-likeness (QED) is 0.749. The van der Waals surface area contributed by atoms with E-state index in [0.29, 0.717) is 12.2 Å². The summed E-state index contributed by atoms with van der Waals surface area (Å²) in [6.07, 6.45) is 0.633. The Bertz CT molecular complexity index is 505. The van der Waals surface area contributed by atoms with Gasteiger partial charge >= 0.3 is 0 Å². The number of hydrogen-bond acceptors (Lipinski definition) is 6. The number of nitrogens with zero attached hydrogens (tertiary/aromatic N) is 2. The van der Waals surface area contributed by atoms with Crippen molar-refractivity contribution in [1.82, 2.24) is 10.1 Å². The van der Waals surface area contributed by atoms with E-state index < -0.39 is 9.84 Å². The molecule has 0 aliphatic carbocycles. The molecule has 0 spiro atoms. The molecule has 6 nitrogen and oxygen atoms in total. The number of aromatic nitrogens is 2. The van der Waals surface area contributed by atoms with Gasteiger partial charge in [-0.2, -0.15) is 4.98 Å². The fraction of sp³-hybridized carbons (Fsp3) is 0.667. The maximum absolute atomic E-state index is 11.3. The van der Waals surface area contributed by atoms with Crippen molar-refractivity contribution in [2.75, 3.05) is 11.5 Å². The highest BCUT2D eigenvalue weighted by atomic mass is 32.2. The van der Waals surface area contributed by atoms with Crippen LogP contribution in [-0.4, -0.2) is 35.8 Å². The van der Waals surface area contributed by atoms with Gasteiger partial charge in [0.2, 0.25) is 5.89 Å². The van der Waals surface area contributed by atoms with E-state index in [-0.39, 0.29) is 35.5 Å². The lowest BCUT2D eigenvalue weighted by atomic mass is 10.1. The van der Waals surface area contributed by atoms with E-state index in [4.69, 9.17) is 4.52 Å². The lowest BCUT2D eigenvalue weighted by molar-refractivity contribution is -0.116. The molecule has 0 aromatic carbocycles. The van der Waals surface area contributed by atoms with Gasteiger partial charge < -0.3 is 4.52 Å². The van der Waals surface area contributed by atoms with E-state index in [1.807, 2.05) is 0 Å². The summed E-state index contributed by atoms with van der Waals surface area (Å²) in [5.41, 5.74) is 0. The predicted octanol–water partition coefficient (Wildman–Crippen LogP) is 0.103. The topological polar surface area (TPSA) is 90.1 Å². The average Bonchev–Trinajstić information content (AvgIpc) is 2.71. The van der Waals surface area contributed by atoms with Gasteiger partial charge in [0, 0.05) is 5.92 Å². The van der Waals surface area contributed by atoms with Crippen LogP contribution in [0.1, 0.15) is 31.0 Å². The van der Waals surface area contributed by atoms with Crippen molar-refractivity contribution in [2.24, 2.45) is 0 Å². The first-order valence-electron chi connectivity index (χ1n) is 4.98. The van der Waals surface area contributed by atoms with Crippen LogP contribution >= 0.6 is 0 Å². The number of carbonyl (C=O) groups excluding carboxylic acids is 1. The molecule has 1 aromatic heterocycles. The van der Waals surface area contributed by atoms with Crippen LogP contribution in [0.5, 0.6) is 0 Å². The van der Waals surface area contributed by atoms with E-state index >= 15 is 0 Å². The largest absolute Gasteiger partial charge is 0.339 e. The third-order valence-electron chi connectivity index (χ3n) is 2.48. The molecule has 2 rings (SSSR count). The number of hydrogen-bond donors (Lipinski definition) is 0. The highest BCUT2D eigenvalue weighted by Gasteiger charge is 2.32. The molecular weight excluding hydrogens is 232 g/mol. The lowest BCUT2D eigenvalue weighted by Crippen LogP contribution is -2.05. The molecule has 1 aromatic rings. The zero-order chi connectivity index (χ0) is 11.8. The minimum atomic E-state index is -2.95. The molecule has 1 saturated heterocycles. The molecule has 1 atom stereocenters. The molecule has 0 radical (unpaired) electrons. The van der Waals surface area contributed by atoms with Crippen molar-refractivity contribution in [3.05, 3.63) is 11.7 Å². The zero-order valence-corrected chi connectivity index (χ0v) is 9.66. The van der Waals surface area contributed by atoms with Crippen molar-refractivity contribution < 1.29 is 17.7 Å². The van der Waals surface area contributed by atoms with Crippen LogP contribution in [0.15, 0.2) is 4.52 Å². The molecule has 7 heteroatoms. The predicted molar refractivity (Wildman–Crippen MR) is 54.7 cm³/mol. The molecule has 0 N–H and O–H groups in total. The number of Topliss-reactive ketones (excluding diaryl/α,β-unsaturated/α-hetero) is 1. The first-order chi connectivity index (χ1) is 7.46. The second-order valence-electron chi connectivity index (χ2n) is 4.03. The number of sulfone groups is 1. The minimum absolute atomic E-state index is 0.0609. The van der Waals surface area contributed by atoms with Gasteiger partial charge in [-0.1, -0.05) is 5.16 Å². The lowest BCUT2D eigenvalue weighted by Gasteiger charge is -1.97. The Morgan fingerprint density at radius 1 is 1.56 bits per heavy atom. The monoisotopic (exact) mass is 244 g/mol. The fourth-order valence-electron chi connectivity index (χ4n) is 1.72. The van der Waals surface area contributed by atoms with Crippen molar-refractivity contribution in [1.29, 1.82) is 0 Å². The van der Waals surface area contributed by atoms with E-state index in [2.05, 4.69) is 10.1 Å². The van der Waals surface area contributed by atoms with Gasteiger partial charge in [-0.3, -0.25) is 4.79 Å². The Kier molecular flexibility index (Phi) is 2.79. The van der Waals surface area contributed by atoms with Crippen molar-refractivity contribution >= 4 is 15.6 Å². The van der Waals surface area contributed by atoms with E-state index in [1.165, 1.54) is 6.92 Å². The summed E-state index contributed by atoms with van der Waals surface area (Å²) in [6.45, 7) is 1.43. The van der Waals surface area contributed by atoms with Gasteiger partial charge in [0.05, 0.1) is 17.9 Å². The molecule has 1 aliphatic rings. The molecule has 1 unspecified atom stereocenters.